The number of carbonyl (C=O) groups excluding carboxylic acids is 1. The third-order valence-electron chi connectivity index (χ3n) is 7.36. The Morgan fingerprint density at radius 3 is 2.37 bits per heavy atom. The number of rotatable bonds is 12. The second kappa shape index (κ2) is 15.0. The van der Waals surface area contributed by atoms with Gasteiger partial charge in [0, 0.05) is 57.3 Å². The average Bonchev–Trinajstić information content (AvgIpc) is 3.43. The molecular formula is C33H40N6O2. The summed E-state index contributed by atoms with van der Waals surface area (Å²) in [5, 5.41) is 6.03. The Morgan fingerprint density at radius 1 is 0.829 bits per heavy atom. The molecule has 1 aromatic heterocycles. The van der Waals surface area contributed by atoms with Gasteiger partial charge in [-0.05, 0) is 60.8 Å². The van der Waals surface area contributed by atoms with Gasteiger partial charge in [0.05, 0.1) is 6.33 Å². The van der Waals surface area contributed by atoms with Crippen LogP contribution in [0.3, 0.4) is 0 Å². The zero-order valence-electron chi connectivity index (χ0n) is 23.6. The molecule has 0 aliphatic carbocycles. The molecule has 2 amide bonds. The number of imidazole rings is 1. The van der Waals surface area contributed by atoms with E-state index in [2.05, 4.69) is 67.9 Å². The minimum Gasteiger partial charge on any atom is -0.489 e. The Balaban J connectivity index is 1.05. The standard InChI is InChI=1S/C33H40N6O2/c40-33(35-16-6-18-39-21-17-34-27-39)36-32-11-5-4-10-30(32)25-38-20-7-19-37(22-23-38)24-28-12-14-31(15-13-28)41-26-29-8-2-1-3-9-29/h1-5,8-15,17,21,27H,6-7,16,18-20,22-26H2,(H2,35,36,40). The minimum absolute atomic E-state index is 0.165. The number of amides is 2. The molecule has 1 saturated heterocycles. The van der Waals surface area contributed by atoms with Gasteiger partial charge < -0.3 is 19.9 Å². The molecule has 1 aliphatic heterocycles. The molecule has 8 nitrogen and oxygen atoms in total. The van der Waals surface area contributed by atoms with Crippen molar-refractivity contribution in [2.24, 2.45) is 0 Å². The van der Waals surface area contributed by atoms with Gasteiger partial charge >= 0.3 is 6.03 Å². The van der Waals surface area contributed by atoms with Crippen molar-refractivity contribution in [3.05, 3.63) is 114 Å². The van der Waals surface area contributed by atoms with Crippen LogP contribution >= 0.6 is 0 Å². The molecule has 41 heavy (non-hydrogen) atoms. The van der Waals surface area contributed by atoms with Crippen LogP contribution in [-0.4, -0.2) is 58.1 Å². The SMILES string of the molecule is O=C(NCCCn1ccnc1)Nc1ccccc1CN1CCCN(Cc2ccc(OCc3ccccc3)cc2)CC1. The van der Waals surface area contributed by atoms with Crippen molar-refractivity contribution in [1.29, 1.82) is 0 Å². The van der Waals surface area contributed by atoms with Gasteiger partial charge in [0.1, 0.15) is 12.4 Å². The number of urea groups is 1. The van der Waals surface area contributed by atoms with E-state index in [4.69, 9.17) is 4.74 Å². The molecule has 0 spiro atoms. The highest BCUT2D eigenvalue weighted by Gasteiger charge is 2.17. The normalized spacial score (nSPS) is 14.3. The van der Waals surface area contributed by atoms with E-state index in [0.717, 1.165) is 75.7 Å². The Morgan fingerprint density at radius 2 is 1.59 bits per heavy atom. The topological polar surface area (TPSA) is 74.7 Å². The van der Waals surface area contributed by atoms with Gasteiger partial charge in [0.15, 0.2) is 0 Å². The summed E-state index contributed by atoms with van der Waals surface area (Å²) in [5.41, 5.74) is 4.48. The number of carbonyl (C=O) groups is 1. The van der Waals surface area contributed by atoms with Gasteiger partial charge in [-0.15, -0.1) is 0 Å². The monoisotopic (exact) mass is 552 g/mol. The van der Waals surface area contributed by atoms with E-state index < -0.39 is 0 Å². The largest absolute Gasteiger partial charge is 0.489 e. The van der Waals surface area contributed by atoms with Crippen LogP contribution in [0.25, 0.3) is 0 Å². The Kier molecular flexibility index (Phi) is 10.4. The van der Waals surface area contributed by atoms with Crippen LogP contribution < -0.4 is 15.4 Å². The minimum atomic E-state index is -0.165. The molecule has 1 fully saturated rings. The molecule has 0 saturated carbocycles. The van der Waals surface area contributed by atoms with Gasteiger partial charge in [-0.1, -0.05) is 60.7 Å². The van der Waals surface area contributed by atoms with Crippen LogP contribution in [0.4, 0.5) is 10.5 Å². The number of hydrogen-bond donors (Lipinski definition) is 2. The average molecular weight is 553 g/mol. The van der Waals surface area contributed by atoms with Crippen LogP contribution in [-0.2, 0) is 26.2 Å². The van der Waals surface area contributed by atoms with E-state index in [9.17, 15) is 4.79 Å². The van der Waals surface area contributed by atoms with Crippen LogP contribution in [0, 0.1) is 0 Å². The molecular weight excluding hydrogens is 512 g/mol. The lowest BCUT2D eigenvalue weighted by Gasteiger charge is -2.23. The molecule has 2 heterocycles. The van der Waals surface area contributed by atoms with E-state index in [1.807, 2.05) is 47.2 Å². The Hall–Kier alpha value is -4.14. The maximum atomic E-state index is 12.5. The molecule has 0 atom stereocenters. The van der Waals surface area contributed by atoms with Gasteiger partial charge in [0.2, 0.25) is 0 Å². The van der Waals surface area contributed by atoms with Crippen LogP contribution in [0.5, 0.6) is 5.75 Å². The van der Waals surface area contributed by atoms with Crippen molar-refractivity contribution in [1.82, 2.24) is 24.7 Å². The maximum absolute atomic E-state index is 12.5. The van der Waals surface area contributed by atoms with Gasteiger partial charge in [-0.2, -0.15) is 0 Å². The quantitative estimate of drug-likeness (QED) is 0.231. The maximum Gasteiger partial charge on any atom is 0.319 e. The molecule has 0 unspecified atom stereocenters. The van der Waals surface area contributed by atoms with Gasteiger partial charge in [0.25, 0.3) is 0 Å². The molecule has 8 heteroatoms. The summed E-state index contributed by atoms with van der Waals surface area (Å²) in [7, 11) is 0. The van der Waals surface area contributed by atoms with Crippen molar-refractivity contribution in [2.75, 3.05) is 38.0 Å². The van der Waals surface area contributed by atoms with Gasteiger partial charge in [-0.25, -0.2) is 9.78 Å². The van der Waals surface area contributed by atoms with Crippen molar-refractivity contribution in [3.8, 4) is 5.75 Å². The van der Waals surface area contributed by atoms with Crippen molar-refractivity contribution in [3.63, 3.8) is 0 Å². The van der Waals surface area contributed by atoms with E-state index in [1.165, 1.54) is 11.1 Å². The predicted molar refractivity (Wildman–Crippen MR) is 163 cm³/mol. The molecule has 5 rings (SSSR count). The first kappa shape index (κ1) is 28.4. The zero-order valence-corrected chi connectivity index (χ0v) is 23.6. The van der Waals surface area contributed by atoms with Crippen LogP contribution in [0.1, 0.15) is 29.5 Å². The fourth-order valence-electron chi connectivity index (χ4n) is 5.10. The third kappa shape index (κ3) is 9.20. The predicted octanol–water partition coefficient (Wildman–Crippen LogP) is 5.38. The number of anilines is 1. The summed E-state index contributed by atoms with van der Waals surface area (Å²) in [6.45, 7) is 7.89. The highest BCUT2D eigenvalue weighted by molar-refractivity contribution is 5.90. The van der Waals surface area contributed by atoms with Crippen LogP contribution in [0.15, 0.2) is 97.6 Å². The van der Waals surface area contributed by atoms with E-state index in [1.54, 1.807) is 12.5 Å². The third-order valence-corrected chi connectivity index (χ3v) is 7.36. The summed E-state index contributed by atoms with van der Waals surface area (Å²) < 4.78 is 7.96. The first-order valence-electron chi connectivity index (χ1n) is 14.5. The molecule has 0 radical (unpaired) electrons. The van der Waals surface area contributed by atoms with E-state index in [-0.39, 0.29) is 6.03 Å². The van der Waals surface area contributed by atoms with Gasteiger partial charge in [-0.3, -0.25) is 9.80 Å². The highest BCUT2D eigenvalue weighted by atomic mass is 16.5. The molecule has 3 aromatic carbocycles. The lowest BCUT2D eigenvalue weighted by atomic mass is 10.1. The van der Waals surface area contributed by atoms with Crippen molar-refractivity contribution in [2.45, 2.75) is 39.1 Å². The molecule has 1 aliphatic rings. The summed E-state index contributed by atoms with van der Waals surface area (Å²) >= 11 is 0. The fourth-order valence-corrected chi connectivity index (χ4v) is 5.10. The van der Waals surface area contributed by atoms with Crippen LogP contribution in [0.2, 0.25) is 0 Å². The summed E-state index contributed by atoms with van der Waals surface area (Å²) in [6.07, 6.45) is 7.45. The molecule has 4 aromatic rings. The second-order valence-electron chi connectivity index (χ2n) is 10.5. The van der Waals surface area contributed by atoms with E-state index in [0.29, 0.717) is 13.2 Å². The number of nitrogens with one attached hydrogen (secondary N) is 2. The fraction of sp³-hybridized carbons (Fsp3) is 0.333. The summed E-state index contributed by atoms with van der Waals surface area (Å²) in [6, 6.07) is 26.7. The molecule has 0 bridgehead atoms. The second-order valence-corrected chi connectivity index (χ2v) is 10.5. The van der Waals surface area contributed by atoms with E-state index >= 15 is 0 Å². The zero-order chi connectivity index (χ0) is 28.1. The number of para-hydroxylation sites is 1. The first-order chi connectivity index (χ1) is 20.2. The number of aromatic nitrogens is 2. The van der Waals surface area contributed by atoms with Crippen molar-refractivity contribution >= 4 is 11.7 Å². The molecule has 214 valence electrons. The highest BCUT2D eigenvalue weighted by Crippen LogP contribution is 2.20. The van der Waals surface area contributed by atoms with Crippen molar-refractivity contribution < 1.29 is 9.53 Å². The smallest absolute Gasteiger partial charge is 0.319 e. The Labute approximate surface area is 243 Å². The lowest BCUT2D eigenvalue weighted by molar-refractivity contribution is 0.246. The number of nitrogens with zero attached hydrogens (tertiary/aromatic N) is 4. The number of benzene rings is 3. The first-order valence-corrected chi connectivity index (χ1v) is 14.5. The number of ether oxygens (including phenoxy) is 1. The Bertz CT molecular complexity index is 1330. The molecule has 2 N–H and O–H groups in total. The number of hydrogen-bond acceptors (Lipinski definition) is 5. The number of aryl methyl sites for hydroxylation is 1. The summed E-state index contributed by atoms with van der Waals surface area (Å²) in [4.78, 5) is 21.6. The lowest BCUT2D eigenvalue weighted by Crippen LogP contribution is -2.32. The summed E-state index contributed by atoms with van der Waals surface area (Å²) in [5.74, 6) is 0.898.